The van der Waals surface area contributed by atoms with Crippen molar-refractivity contribution in [3.63, 3.8) is 0 Å². The number of allylic oxidation sites excluding steroid dienone is 3. The van der Waals surface area contributed by atoms with Gasteiger partial charge in [-0.05, 0) is 48.0 Å². The summed E-state index contributed by atoms with van der Waals surface area (Å²) < 4.78 is 0. The van der Waals surface area contributed by atoms with E-state index in [2.05, 4.69) is 103 Å². The van der Waals surface area contributed by atoms with E-state index in [0.717, 1.165) is 12.2 Å². The first-order valence-electron chi connectivity index (χ1n) is 8.88. The van der Waals surface area contributed by atoms with Crippen molar-refractivity contribution >= 4 is 30.3 Å². The fourth-order valence-corrected chi connectivity index (χ4v) is 6.78. The minimum Gasteiger partial charge on any atom is -0.122 e. The van der Waals surface area contributed by atoms with E-state index < -0.39 is 7.92 Å². The Labute approximate surface area is 161 Å². The summed E-state index contributed by atoms with van der Waals surface area (Å²) in [6.45, 7) is 0. The molecule has 3 aromatic carbocycles. The molecule has 0 amide bonds. The summed E-state index contributed by atoms with van der Waals surface area (Å²) in [6.07, 6.45) is 5.78. The zero-order valence-corrected chi connectivity index (χ0v) is 16.3. The van der Waals surface area contributed by atoms with E-state index in [1.54, 1.807) is 5.57 Å². The van der Waals surface area contributed by atoms with E-state index in [4.69, 9.17) is 0 Å². The number of rotatable bonds is 6. The topological polar surface area (TPSA) is 0 Å². The lowest BCUT2D eigenvalue weighted by Gasteiger charge is -2.21. The van der Waals surface area contributed by atoms with Gasteiger partial charge in [-0.1, -0.05) is 91.0 Å². The lowest BCUT2D eigenvalue weighted by molar-refractivity contribution is 1.25. The Kier molecular flexibility index (Phi) is 5.69. The van der Waals surface area contributed by atoms with Crippen LogP contribution in [0.3, 0.4) is 0 Å². The SMILES string of the molecule is C1=CC(P(c2ccccc2)c2ccccc2)=C(CSc2ccccc2)C1. The molecule has 0 atom stereocenters. The molecular formula is C24H21PS. The largest absolute Gasteiger partial charge is 0.122 e. The lowest BCUT2D eigenvalue weighted by Crippen LogP contribution is -2.13. The molecule has 1 aliphatic carbocycles. The first kappa shape index (κ1) is 17.3. The van der Waals surface area contributed by atoms with E-state index in [1.807, 2.05) is 11.8 Å². The maximum Gasteiger partial charge on any atom is 0.0203 e. The van der Waals surface area contributed by atoms with Crippen LogP contribution < -0.4 is 10.6 Å². The molecule has 0 aromatic heterocycles. The molecule has 0 spiro atoms. The van der Waals surface area contributed by atoms with Gasteiger partial charge in [0.2, 0.25) is 0 Å². The van der Waals surface area contributed by atoms with Gasteiger partial charge in [0.15, 0.2) is 0 Å². The second-order valence-corrected chi connectivity index (χ2v) is 9.44. The average Bonchev–Trinajstić information content (AvgIpc) is 3.17. The normalized spacial score (nSPS) is 13.6. The molecule has 0 fully saturated rings. The Balaban J connectivity index is 1.68. The maximum atomic E-state index is 2.37. The molecule has 0 aliphatic heterocycles. The third kappa shape index (κ3) is 4.01. The fraction of sp³-hybridized carbons (Fsp3) is 0.0833. The van der Waals surface area contributed by atoms with Gasteiger partial charge in [0.25, 0.3) is 0 Å². The van der Waals surface area contributed by atoms with Crippen LogP contribution in [-0.2, 0) is 0 Å². The highest BCUT2D eigenvalue weighted by molar-refractivity contribution is 7.99. The molecule has 4 rings (SSSR count). The van der Waals surface area contributed by atoms with Crippen molar-refractivity contribution in [3.8, 4) is 0 Å². The average molecular weight is 372 g/mol. The van der Waals surface area contributed by atoms with Gasteiger partial charge < -0.3 is 0 Å². The van der Waals surface area contributed by atoms with E-state index >= 15 is 0 Å². The van der Waals surface area contributed by atoms with Crippen molar-refractivity contribution in [2.75, 3.05) is 5.75 Å². The van der Waals surface area contributed by atoms with Gasteiger partial charge in [-0.3, -0.25) is 0 Å². The van der Waals surface area contributed by atoms with Gasteiger partial charge in [-0.15, -0.1) is 11.8 Å². The molecule has 0 unspecified atom stereocenters. The van der Waals surface area contributed by atoms with Gasteiger partial charge in [0.1, 0.15) is 0 Å². The van der Waals surface area contributed by atoms with Gasteiger partial charge in [-0.2, -0.15) is 0 Å². The Bertz CT molecular complexity index is 859. The molecule has 0 N–H and O–H groups in total. The molecule has 0 heterocycles. The molecule has 0 saturated carbocycles. The molecule has 128 valence electrons. The summed E-state index contributed by atoms with van der Waals surface area (Å²) in [4.78, 5) is 1.34. The van der Waals surface area contributed by atoms with Crippen LogP contribution in [0, 0.1) is 0 Å². The van der Waals surface area contributed by atoms with Crippen molar-refractivity contribution in [1.82, 2.24) is 0 Å². The van der Waals surface area contributed by atoms with E-state index in [-0.39, 0.29) is 0 Å². The zero-order valence-electron chi connectivity index (χ0n) is 14.6. The van der Waals surface area contributed by atoms with E-state index in [1.165, 1.54) is 20.8 Å². The lowest BCUT2D eigenvalue weighted by atomic mass is 10.3. The van der Waals surface area contributed by atoms with Crippen molar-refractivity contribution in [3.05, 3.63) is 114 Å². The maximum absolute atomic E-state index is 2.37. The molecule has 1 aliphatic rings. The highest BCUT2D eigenvalue weighted by Crippen LogP contribution is 2.48. The second kappa shape index (κ2) is 8.54. The summed E-state index contributed by atoms with van der Waals surface area (Å²) in [5.74, 6) is 1.06. The van der Waals surface area contributed by atoms with Crippen LogP contribution in [0.25, 0.3) is 0 Å². The summed E-state index contributed by atoms with van der Waals surface area (Å²) >= 11 is 1.94. The number of hydrogen-bond donors (Lipinski definition) is 0. The van der Waals surface area contributed by atoms with Crippen molar-refractivity contribution < 1.29 is 0 Å². The number of hydrogen-bond acceptors (Lipinski definition) is 1. The monoisotopic (exact) mass is 372 g/mol. The van der Waals surface area contributed by atoms with E-state index in [0.29, 0.717) is 0 Å². The molecule has 0 saturated heterocycles. The summed E-state index contributed by atoms with van der Waals surface area (Å²) in [5.41, 5.74) is 1.57. The van der Waals surface area contributed by atoms with Crippen molar-refractivity contribution in [1.29, 1.82) is 0 Å². The Hall–Kier alpha value is -2.08. The zero-order chi connectivity index (χ0) is 17.6. The van der Waals surface area contributed by atoms with E-state index in [9.17, 15) is 0 Å². The van der Waals surface area contributed by atoms with Crippen LogP contribution in [0.1, 0.15) is 6.42 Å². The van der Waals surface area contributed by atoms with Crippen LogP contribution in [0.15, 0.2) is 119 Å². The third-order valence-corrected chi connectivity index (χ3v) is 8.10. The summed E-state index contributed by atoms with van der Waals surface area (Å²) in [7, 11) is -0.492. The Morgan fingerprint density at radius 2 is 1.23 bits per heavy atom. The predicted molar refractivity (Wildman–Crippen MR) is 117 cm³/mol. The molecule has 3 aromatic rings. The van der Waals surface area contributed by atoms with Crippen LogP contribution >= 0.6 is 19.7 Å². The molecule has 0 bridgehead atoms. The molecule has 0 nitrogen and oxygen atoms in total. The van der Waals surface area contributed by atoms with Crippen LogP contribution in [0.4, 0.5) is 0 Å². The minimum atomic E-state index is -0.492. The van der Waals surface area contributed by atoms with Gasteiger partial charge >= 0.3 is 0 Å². The second-order valence-electron chi connectivity index (χ2n) is 6.20. The van der Waals surface area contributed by atoms with Crippen LogP contribution in [-0.4, -0.2) is 5.75 Å². The van der Waals surface area contributed by atoms with Crippen LogP contribution in [0.5, 0.6) is 0 Å². The van der Waals surface area contributed by atoms with Crippen LogP contribution in [0.2, 0.25) is 0 Å². The quantitative estimate of drug-likeness (QED) is 0.371. The summed E-state index contributed by atoms with van der Waals surface area (Å²) in [5, 5.41) is 4.38. The fourth-order valence-electron chi connectivity index (χ4n) is 3.17. The molecule has 2 heteroatoms. The van der Waals surface area contributed by atoms with Gasteiger partial charge in [0.05, 0.1) is 0 Å². The summed E-state index contributed by atoms with van der Waals surface area (Å²) in [6, 6.07) is 32.7. The Morgan fingerprint density at radius 3 is 1.81 bits per heavy atom. The first-order valence-corrected chi connectivity index (χ1v) is 11.2. The number of thioether (sulfide) groups is 1. The minimum absolute atomic E-state index is 0.492. The highest BCUT2D eigenvalue weighted by Gasteiger charge is 2.22. The van der Waals surface area contributed by atoms with Crippen molar-refractivity contribution in [2.45, 2.75) is 11.3 Å². The third-order valence-electron chi connectivity index (χ3n) is 4.43. The van der Waals surface area contributed by atoms with Gasteiger partial charge in [0, 0.05) is 10.6 Å². The highest BCUT2D eigenvalue weighted by atomic mass is 32.2. The number of benzene rings is 3. The molecule has 26 heavy (non-hydrogen) atoms. The first-order chi connectivity index (χ1) is 12.9. The smallest absolute Gasteiger partial charge is 0.0203 e. The van der Waals surface area contributed by atoms with Crippen molar-refractivity contribution in [2.24, 2.45) is 0 Å². The van der Waals surface area contributed by atoms with Gasteiger partial charge in [-0.25, -0.2) is 0 Å². The standard InChI is InChI=1S/C24H21PS/c1-4-12-21(13-5-1)25(22-14-6-2-7-15-22)24-18-10-11-20(24)19-26-23-16-8-3-9-17-23/h1-10,12-18H,11,19H2. The molecular weight excluding hydrogens is 351 g/mol. The molecule has 0 radical (unpaired) electrons. The Morgan fingerprint density at radius 1 is 0.692 bits per heavy atom. The predicted octanol–water partition coefficient (Wildman–Crippen LogP) is 6.13.